The molecule has 0 aliphatic rings. The quantitative estimate of drug-likeness (QED) is 0.0123. The van der Waals surface area contributed by atoms with Gasteiger partial charge < -0.3 is 66.2 Å². The molecule has 474 valence electrons. The number of aliphatic hydroxyl groups is 3. The smallest absolute Gasteiger partial charge is 0.207 e. The summed E-state index contributed by atoms with van der Waals surface area (Å²) in [6.45, 7) is 51.0. The molecule has 16 heteroatoms. The maximum Gasteiger partial charge on any atom is 0.207 e. The molecular weight excluding hydrogens is 998 g/mol. The van der Waals surface area contributed by atoms with Crippen LogP contribution in [0, 0.1) is 11.8 Å². The van der Waals surface area contributed by atoms with Crippen LogP contribution in [0.1, 0.15) is 245 Å². The highest BCUT2D eigenvalue weighted by molar-refractivity contribution is 6.58. The van der Waals surface area contributed by atoms with Gasteiger partial charge in [-0.05, 0) is 91.4 Å². The summed E-state index contributed by atoms with van der Waals surface area (Å²) in [5.41, 5.74) is 7.68. The van der Waals surface area contributed by atoms with Crippen LogP contribution in [0.2, 0.25) is 0 Å². The first-order valence-corrected chi connectivity index (χ1v) is 30.0. The Morgan fingerprint density at radius 1 is 0.671 bits per heavy atom. The number of carbonyl (C=O) groups excluding carboxylic acids is 5. The SMILES string of the molecule is C=C(N)COCCOCCNC(=C)CCC(CO)NC(=C)CCCCCCCCCCCCCCC=O.C=CC.C=O.CC.CC.CC.CC(C)C.CCC(C)(C)NC=O.CCO.CO.[B]C(=O)[C@@H](CCC)CCCCNC=O. The molecule has 0 aromatic rings. The van der Waals surface area contributed by atoms with Gasteiger partial charge in [-0.1, -0.05) is 179 Å². The van der Waals surface area contributed by atoms with Crippen molar-refractivity contribution < 1.29 is 48.8 Å². The molecule has 0 aliphatic carbocycles. The third-order valence-electron chi connectivity index (χ3n) is 9.83. The second-order valence-corrected chi connectivity index (χ2v) is 18.4. The molecule has 15 nitrogen and oxygen atoms in total. The molecule has 0 spiro atoms. The van der Waals surface area contributed by atoms with Gasteiger partial charge in [-0.3, -0.25) is 9.59 Å². The Kier molecular flexibility index (Phi) is 127. The van der Waals surface area contributed by atoms with Crippen molar-refractivity contribution >= 4 is 39.4 Å². The number of rotatable bonds is 42. The summed E-state index contributed by atoms with van der Waals surface area (Å²) in [5, 5.41) is 36.2. The van der Waals surface area contributed by atoms with Crippen molar-refractivity contribution in [2.24, 2.45) is 17.6 Å². The number of nitrogens with one attached hydrogen (secondary N) is 4. The summed E-state index contributed by atoms with van der Waals surface area (Å²) in [4.78, 5) is 49.0. The molecule has 2 amide bonds. The van der Waals surface area contributed by atoms with Crippen LogP contribution < -0.4 is 27.0 Å². The normalized spacial score (nSPS) is 9.92. The Hall–Kier alpha value is -3.83. The maximum absolute atomic E-state index is 11.0. The number of ether oxygens (including phenoxy) is 2. The predicted octanol–water partition coefficient (Wildman–Crippen LogP) is 12.8. The van der Waals surface area contributed by atoms with Gasteiger partial charge >= 0.3 is 0 Å². The van der Waals surface area contributed by atoms with Gasteiger partial charge in [-0.25, -0.2) is 0 Å². The monoisotopic (exact) mass is 1130 g/mol. The highest BCUT2D eigenvalue weighted by Crippen LogP contribution is 2.16. The van der Waals surface area contributed by atoms with Crippen LogP contribution in [-0.4, -0.2) is 126 Å². The van der Waals surface area contributed by atoms with Crippen LogP contribution in [0.4, 0.5) is 0 Å². The van der Waals surface area contributed by atoms with E-state index < -0.39 is 0 Å². The zero-order chi connectivity index (χ0) is 63.8. The summed E-state index contributed by atoms with van der Waals surface area (Å²) in [7, 11) is 6.25. The third-order valence-corrected chi connectivity index (χ3v) is 9.83. The van der Waals surface area contributed by atoms with E-state index in [4.69, 9.17) is 38.1 Å². The zero-order valence-corrected chi connectivity index (χ0v) is 54.6. The second kappa shape index (κ2) is 99.5. The van der Waals surface area contributed by atoms with E-state index in [0.29, 0.717) is 51.6 Å². The number of hydrogen-bond donors (Lipinski definition) is 8. The number of aldehydes is 1. The molecule has 79 heavy (non-hydrogen) atoms. The first-order chi connectivity index (χ1) is 37.9. The molecule has 1 unspecified atom stereocenters. The van der Waals surface area contributed by atoms with E-state index in [1.165, 1.54) is 64.2 Å². The summed E-state index contributed by atoms with van der Waals surface area (Å²) < 4.78 is 10.8. The van der Waals surface area contributed by atoms with Gasteiger partial charge in [0.15, 0.2) is 7.85 Å². The van der Waals surface area contributed by atoms with Crippen molar-refractivity contribution in [3.63, 3.8) is 0 Å². The molecular formula is C63H134BN5O10. The first kappa shape index (κ1) is 100. The third kappa shape index (κ3) is 127. The highest BCUT2D eigenvalue weighted by Gasteiger charge is 2.12. The lowest BCUT2D eigenvalue weighted by atomic mass is 9.83. The number of allylic oxidation sites excluding steroid dienone is 3. The van der Waals surface area contributed by atoms with Crippen molar-refractivity contribution in [3.05, 3.63) is 49.5 Å². The molecule has 0 aromatic carbocycles. The van der Waals surface area contributed by atoms with Crippen LogP contribution >= 0.6 is 0 Å². The lowest BCUT2D eigenvalue weighted by Gasteiger charge is -2.20. The Morgan fingerprint density at radius 2 is 1.11 bits per heavy atom. The molecule has 2 atom stereocenters. The molecule has 0 aliphatic heterocycles. The summed E-state index contributed by atoms with van der Waals surface area (Å²) >= 11 is 0. The molecule has 9 N–H and O–H groups in total. The number of carbonyl (C=O) groups is 5. The fourth-order valence-corrected chi connectivity index (χ4v) is 5.78. The van der Waals surface area contributed by atoms with Crippen molar-refractivity contribution in [1.29, 1.82) is 0 Å². The lowest BCUT2D eigenvalue weighted by Crippen LogP contribution is -2.37. The van der Waals surface area contributed by atoms with E-state index in [1.807, 2.05) is 83.0 Å². The predicted molar refractivity (Wildman–Crippen MR) is 344 cm³/mol. The Labute approximate surface area is 491 Å². The van der Waals surface area contributed by atoms with E-state index in [0.717, 1.165) is 114 Å². The van der Waals surface area contributed by atoms with Crippen LogP contribution in [0.25, 0.3) is 0 Å². The van der Waals surface area contributed by atoms with Crippen LogP contribution in [-0.2, 0) is 33.4 Å². The number of unbranched alkanes of at least 4 members (excludes halogenated alkanes) is 13. The fraction of sp³-hybridized carbons (Fsp3) is 0.794. The van der Waals surface area contributed by atoms with Gasteiger partial charge in [0, 0.05) is 67.8 Å². The Morgan fingerprint density at radius 3 is 1.48 bits per heavy atom. The Bertz CT molecular complexity index is 1180. The maximum atomic E-state index is 11.0. The second-order valence-electron chi connectivity index (χ2n) is 18.4. The van der Waals surface area contributed by atoms with E-state index in [1.54, 1.807) is 13.0 Å². The van der Waals surface area contributed by atoms with Crippen molar-refractivity contribution in [2.45, 2.75) is 257 Å². The zero-order valence-electron chi connectivity index (χ0n) is 54.6. The molecule has 0 heterocycles. The molecule has 0 bridgehead atoms. The van der Waals surface area contributed by atoms with Crippen molar-refractivity contribution in [1.82, 2.24) is 21.3 Å². The number of hydrogen-bond acceptors (Lipinski definition) is 13. The van der Waals surface area contributed by atoms with E-state index >= 15 is 0 Å². The molecule has 0 rings (SSSR count). The minimum absolute atomic E-state index is 0.00163. The molecule has 0 fully saturated rings. The van der Waals surface area contributed by atoms with Crippen molar-refractivity contribution in [2.75, 3.05) is 59.8 Å². The van der Waals surface area contributed by atoms with E-state index in [-0.39, 0.29) is 36.4 Å². The average molecular weight is 1130 g/mol. The average Bonchev–Trinajstić information content (AvgIpc) is 3.43. The number of amides is 2. The molecule has 0 saturated heterocycles. The van der Waals surface area contributed by atoms with E-state index in [9.17, 15) is 24.3 Å². The van der Waals surface area contributed by atoms with Gasteiger partial charge in [0.25, 0.3) is 0 Å². The van der Waals surface area contributed by atoms with Gasteiger partial charge in [-0.2, -0.15) is 0 Å². The molecule has 0 aromatic heterocycles. The minimum Gasteiger partial charge on any atom is -0.401 e. The largest absolute Gasteiger partial charge is 0.401 e. The minimum atomic E-state index is -0.199. The molecule has 0 saturated carbocycles. The number of aliphatic hydroxyl groups excluding tert-OH is 3. The Balaban J connectivity index is -0.0000000992. The van der Waals surface area contributed by atoms with Crippen LogP contribution in [0.15, 0.2) is 49.5 Å². The first-order valence-electron chi connectivity index (χ1n) is 30.0. The molecule has 2 radical (unpaired) electrons. The summed E-state index contributed by atoms with van der Waals surface area (Å²) in [5.74, 6) is 0.844. The van der Waals surface area contributed by atoms with Crippen LogP contribution in [0.5, 0.6) is 0 Å². The fourth-order valence-electron chi connectivity index (χ4n) is 5.78. The van der Waals surface area contributed by atoms with E-state index in [2.05, 4.69) is 68.4 Å². The van der Waals surface area contributed by atoms with Gasteiger partial charge in [0.1, 0.15) is 13.1 Å². The lowest BCUT2D eigenvalue weighted by molar-refractivity contribution is -0.115. The topological polar surface area (TPSA) is 239 Å². The standard InChI is InChI=1S/C30H57N3O4.C10H18BNO2.C6H13NO.C4H10.C3H6.C2H6O.3C2H6.CH4O.CH2O/c1-27(31)26-37-24-23-36-22-20-32-28(2)18-19-30(25-35)33-29(3)17-15-13-11-9-7-5-4-6-8-10-12-14-16-21-34;1-2-5-9(10(11)14)6-3-4-7-12-8-13;1-4-6(2,3)7-5-8;1-4(2)3;1-3-2;1-2-3;5*1-2/h21,30,32-33,35H,1-20,22-26,31H2;8-9H,2-7H2,1H3,(H,12,13);5H,4H2,1-3H3,(H,7,8);4H,1-3H3;3H,1H2,2H3;3H,2H2,1H3;3*1-2H3;2H,1H3;1H2/t;9-;;;;;;;;;/m.0........./s1. The van der Waals surface area contributed by atoms with Gasteiger partial charge in [-0.15, -0.1) is 6.58 Å². The van der Waals surface area contributed by atoms with Gasteiger partial charge in [0.05, 0.1) is 38.7 Å². The summed E-state index contributed by atoms with van der Waals surface area (Å²) in [6.07, 6.45) is 28.2. The summed E-state index contributed by atoms with van der Waals surface area (Å²) in [6, 6.07) is 0.00163. The van der Waals surface area contributed by atoms with Gasteiger partial charge in [0.2, 0.25) is 12.8 Å². The number of nitrogens with two attached hydrogens (primary N) is 1. The van der Waals surface area contributed by atoms with Crippen LogP contribution in [0.3, 0.4) is 0 Å². The highest BCUT2D eigenvalue weighted by atomic mass is 16.5. The van der Waals surface area contributed by atoms with Crippen molar-refractivity contribution in [3.8, 4) is 0 Å².